The van der Waals surface area contributed by atoms with Crippen LogP contribution in [0.5, 0.6) is 0 Å². The molecule has 1 spiro atoms. The number of carbonyl (C=O) groups excluding carboxylic acids is 1. The van der Waals surface area contributed by atoms with E-state index < -0.39 is 0 Å². The zero-order valence-electron chi connectivity index (χ0n) is 17.2. The van der Waals surface area contributed by atoms with Gasteiger partial charge in [0.05, 0.1) is 18.8 Å². The Morgan fingerprint density at radius 1 is 1.24 bits per heavy atom. The summed E-state index contributed by atoms with van der Waals surface area (Å²) >= 11 is 0. The predicted octanol–water partition coefficient (Wildman–Crippen LogP) is 3.75. The Bertz CT molecular complexity index is 832. The highest BCUT2D eigenvalue weighted by Gasteiger charge is 2.52. The first kappa shape index (κ1) is 18.9. The van der Waals surface area contributed by atoms with E-state index >= 15 is 0 Å². The molecule has 3 atom stereocenters. The molecule has 0 saturated carbocycles. The molecule has 6 nitrogen and oxygen atoms in total. The van der Waals surface area contributed by atoms with E-state index in [1.807, 2.05) is 18.2 Å². The Kier molecular flexibility index (Phi) is 5.00. The molecule has 2 amide bonds. The van der Waals surface area contributed by atoms with Crippen LogP contribution in [0.1, 0.15) is 44.8 Å². The van der Waals surface area contributed by atoms with Crippen molar-refractivity contribution >= 4 is 17.0 Å². The van der Waals surface area contributed by atoms with E-state index in [2.05, 4.69) is 34.2 Å². The molecule has 1 aromatic heterocycles. The van der Waals surface area contributed by atoms with Crippen molar-refractivity contribution in [3.8, 4) is 0 Å². The molecule has 1 unspecified atom stereocenters. The fraction of sp³-hybridized carbons (Fsp3) is 0.609. The normalized spacial score (nSPS) is 29.6. The monoisotopic (exact) mass is 397 g/mol. The van der Waals surface area contributed by atoms with Crippen LogP contribution < -0.4 is 5.32 Å². The van der Waals surface area contributed by atoms with Gasteiger partial charge in [-0.05, 0) is 44.2 Å². The molecule has 1 aromatic carbocycles. The van der Waals surface area contributed by atoms with Crippen LogP contribution in [0.25, 0.3) is 11.0 Å². The number of rotatable bonds is 4. The van der Waals surface area contributed by atoms with Crippen molar-refractivity contribution in [2.75, 3.05) is 26.2 Å². The van der Waals surface area contributed by atoms with E-state index in [1.165, 1.54) is 0 Å². The molecule has 4 heterocycles. The topological polar surface area (TPSA) is 58.0 Å². The van der Waals surface area contributed by atoms with Crippen molar-refractivity contribution in [2.24, 2.45) is 0 Å². The Morgan fingerprint density at radius 3 is 2.79 bits per heavy atom. The number of urea groups is 1. The maximum absolute atomic E-state index is 12.6. The summed E-state index contributed by atoms with van der Waals surface area (Å²) in [6, 6.07) is 11.1. The van der Waals surface area contributed by atoms with Crippen molar-refractivity contribution in [3.05, 3.63) is 36.1 Å². The van der Waals surface area contributed by atoms with E-state index in [0.29, 0.717) is 12.1 Å². The largest absolute Gasteiger partial charge is 0.460 e. The maximum atomic E-state index is 12.6. The minimum Gasteiger partial charge on any atom is -0.460 e. The number of nitrogens with zero attached hydrogens (tertiary/aromatic N) is 2. The third-order valence-electron chi connectivity index (χ3n) is 6.78. The summed E-state index contributed by atoms with van der Waals surface area (Å²) in [5.74, 6) is 1.02. The van der Waals surface area contributed by atoms with E-state index in [0.717, 1.165) is 81.6 Å². The second-order valence-corrected chi connectivity index (χ2v) is 8.93. The Labute approximate surface area is 172 Å². The summed E-state index contributed by atoms with van der Waals surface area (Å²) in [6.45, 7) is 6.25. The molecule has 1 N–H and O–H groups in total. The molecule has 29 heavy (non-hydrogen) atoms. The summed E-state index contributed by atoms with van der Waals surface area (Å²) in [6.07, 6.45) is 5.05. The Hall–Kier alpha value is -2.05. The van der Waals surface area contributed by atoms with Gasteiger partial charge in [0.2, 0.25) is 0 Å². The van der Waals surface area contributed by atoms with Gasteiger partial charge >= 0.3 is 6.03 Å². The van der Waals surface area contributed by atoms with Gasteiger partial charge in [-0.15, -0.1) is 0 Å². The number of benzene rings is 1. The minimum atomic E-state index is -0.127. The first-order chi connectivity index (χ1) is 14.2. The number of nitrogens with one attached hydrogen (secondary N) is 1. The molecule has 3 aliphatic rings. The fourth-order valence-corrected chi connectivity index (χ4v) is 5.60. The SMILES string of the molecule is CCCNC(=O)N1[C@@H]2CC[C@H]1CC1(C2)CN(Cc2cc3ccccc3o2)CCO1. The molecule has 3 saturated heterocycles. The van der Waals surface area contributed by atoms with Crippen LogP contribution in [0, 0.1) is 0 Å². The van der Waals surface area contributed by atoms with E-state index in [1.54, 1.807) is 0 Å². The summed E-state index contributed by atoms with van der Waals surface area (Å²) in [4.78, 5) is 17.2. The van der Waals surface area contributed by atoms with Gasteiger partial charge in [0.25, 0.3) is 0 Å². The summed E-state index contributed by atoms with van der Waals surface area (Å²) in [5, 5.41) is 4.23. The zero-order chi connectivity index (χ0) is 19.8. The lowest BCUT2D eigenvalue weighted by atomic mass is 9.84. The van der Waals surface area contributed by atoms with Gasteiger partial charge in [-0.3, -0.25) is 4.90 Å². The quantitative estimate of drug-likeness (QED) is 0.854. The third-order valence-corrected chi connectivity index (χ3v) is 6.78. The number of furan rings is 1. The first-order valence-electron chi connectivity index (χ1n) is 11.1. The molecular weight excluding hydrogens is 366 g/mol. The third kappa shape index (κ3) is 3.64. The highest BCUT2D eigenvalue weighted by Crippen LogP contribution is 2.44. The molecule has 0 radical (unpaired) electrons. The summed E-state index contributed by atoms with van der Waals surface area (Å²) in [5.41, 5.74) is 0.826. The second kappa shape index (κ2) is 7.65. The predicted molar refractivity (Wildman–Crippen MR) is 112 cm³/mol. The number of carbonyl (C=O) groups is 1. The van der Waals surface area contributed by atoms with Gasteiger partial charge < -0.3 is 19.4 Å². The van der Waals surface area contributed by atoms with Gasteiger partial charge in [0.15, 0.2) is 0 Å². The molecule has 3 aliphatic heterocycles. The Morgan fingerprint density at radius 2 is 2.03 bits per heavy atom. The number of fused-ring (bicyclic) bond motifs is 3. The van der Waals surface area contributed by atoms with Crippen LogP contribution in [0.2, 0.25) is 0 Å². The van der Waals surface area contributed by atoms with Crippen LogP contribution in [-0.4, -0.2) is 59.8 Å². The number of para-hydroxylation sites is 1. The lowest BCUT2D eigenvalue weighted by Gasteiger charge is -2.50. The van der Waals surface area contributed by atoms with Crippen LogP contribution in [0.3, 0.4) is 0 Å². The van der Waals surface area contributed by atoms with Crippen molar-refractivity contribution in [3.63, 3.8) is 0 Å². The average molecular weight is 398 g/mol. The second-order valence-electron chi connectivity index (χ2n) is 8.93. The molecular formula is C23H31N3O3. The summed E-state index contributed by atoms with van der Waals surface area (Å²) in [7, 11) is 0. The molecule has 2 bridgehead atoms. The number of morpholine rings is 1. The summed E-state index contributed by atoms with van der Waals surface area (Å²) < 4.78 is 12.4. The smallest absolute Gasteiger partial charge is 0.317 e. The standard InChI is InChI=1S/C23H31N3O3/c1-2-9-24-22(27)26-18-7-8-19(26)14-23(13-18)16-25(10-11-28-23)15-20-12-17-5-3-4-6-21(17)29-20/h3-6,12,18-19H,2,7-11,13-16H2,1H3,(H,24,27)/t18-,19+,23?. The lowest BCUT2D eigenvalue weighted by Crippen LogP contribution is -2.61. The van der Waals surface area contributed by atoms with Gasteiger partial charge in [0.1, 0.15) is 11.3 Å². The average Bonchev–Trinajstić information content (AvgIpc) is 3.24. The van der Waals surface area contributed by atoms with Crippen molar-refractivity contribution < 1.29 is 13.9 Å². The minimum absolute atomic E-state index is 0.115. The van der Waals surface area contributed by atoms with Gasteiger partial charge in [-0.2, -0.15) is 0 Å². The fourth-order valence-electron chi connectivity index (χ4n) is 5.60. The molecule has 0 aliphatic carbocycles. The van der Waals surface area contributed by atoms with Gasteiger partial charge in [0, 0.05) is 37.1 Å². The highest BCUT2D eigenvalue weighted by molar-refractivity contribution is 5.77. The number of hydrogen-bond acceptors (Lipinski definition) is 4. The van der Waals surface area contributed by atoms with Crippen LogP contribution in [0.15, 0.2) is 34.7 Å². The number of hydrogen-bond donors (Lipinski definition) is 1. The highest BCUT2D eigenvalue weighted by atomic mass is 16.5. The number of ether oxygens (including phenoxy) is 1. The molecule has 2 aromatic rings. The lowest BCUT2D eigenvalue weighted by molar-refractivity contribution is -0.146. The van der Waals surface area contributed by atoms with Crippen LogP contribution >= 0.6 is 0 Å². The van der Waals surface area contributed by atoms with Crippen molar-refractivity contribution in [2.45, 2.75) is 63.3 Å². The van der Waals surface area contributed by atoms with Crippen LogP contribution in [0.4, 0.5) is 4.79 Å². The number of amides is 2. The van der Waals surface area contributed by atoms with Gasteiger partial charge in [-0.1, -0.05) is 25.1 Å². The maximum Gasteiger partial charge on any atom is 0.317 e. The van der Waals surface area contributed by atoms with Crippen LogP contribution in [-0.2, 0) is 11.3 Å². The zero-order valence-corrected chi connectivity index (χ0v) is 17.2. The van der Waals surface area contributed by atoms with Gasteiger partial charge in [-0.25, -0.2) is 4.79 Å². The molecule has 156 valence electrons. The van der Waals surface area contributed by atoms with Crippen molar-refractivity contribution in [1.82, 2.24) is 15.1 Å². The first-order valence-corrected chi connectivity index (χ1v) is 11.1. The molecule has 5 rings (SSSR count). The molecule has 6 heteroatoms. The van der Waals surface area contributed by atoms with E-state index in [4.69, 9.17) is 9.15 Å². The molecule has 3 fully saturated rings. The van der Waals surface area contributed by atoms with E-state index in [-0.39, 0.29) is 11.6 Å². The number of piperidine rings is 1. The van der Waals surface area contributed by atoms with Crippen molar-refractivity contribution in [1.29, 1.82) is 0 Å². The van der Waals surface area contributed by atoms with E-state index in [9.17, 15) is 4.79 Å². The Balaban J connectivity index is 1.26.